The first kappa shape index (κ1) is 15.1. The highest BCUT2D eigenvalue weighted by Crippen LogP contribution is 2.42. The summed E-state index contributed by atoms with van der Waals surface area (Å²) in [6.45, 7) is 4.90. The first-order valence-corrected chi connectivity index (χ1v) is 7.31. The van der Waals surface area contributed by atoms with Gasteiger partial charge in [-0.25, -0.2) is 0 Å². The first-order chi connectivity index (χ1) is 7.28. The van der Waals surface area contributed by atoms with Gasteiger partial charge in [-0.15, -0.1) is 0 Å². The quantitative estimate of drug-likeness (QED) is 0.635. The maximum Gasteiger partial charge on any atom is 0.240 e. The third-order valence-corrected chi connectivity index (χ3v) is 3.82. The summed E-state index contributed by atoms with van der Waals surface area (Å²) in [5.74, 6) is -0.974. The highest BCUT2D eigenvalue weighted by molar-refractivity contribution is 7.58. The Morgan fingerprint density at radius 3 is 2.44 bits per heavy atom. The van der Waals surface area contributed by atoms with E-state index in [0.29, 0.717) is 6.61 Å². The molecule has 7 heteroatoms. The molecule has 0 aliphatic carbocycles. The Kier molecular flexibility index (Phi) is 6.29. The maximum absolute atomic E-state index is 11.7. The van der Waals surface area contributed by atoms with E-state index < -0.39 is 19.3 Å². The molecule has 0 radical (unpaired) electrons. The highest BCUT2D eigenvalue weighted by Gasteiger charge is 2.22. The number of carbonyl (C=O) groups excluding carboxylic acids is 2. The second kappa shape index (κ2) is 6.66. The standard InChI is InChI=1S/C9H19N2O4P/c1-4-15-16(3,14)6-5-8(9(10)13)11-7(2)12/h8H,4-6H2,1-3H3,(H2,10,13)(H,11,12). The number of rotatable bonds is 7. The van der Waals surface area contributed by atoms with Crippen LogP contribution in [0.25, 0.3) is 0 Å². The third-order valence-electron chi connectivity index (χ3n) is 1.95. The maximum atomic E-state index is 11.7. The van der Waals surface area contributed by atoms with E-state index in [4.69, 9.17) is 10.3 Å². The minimum absolute atomic E-state index is 0.217. The second-order valence-corrected chi connectivity index (χ2v) is 6.33. The van der Waals surface area contributed by atoms with E-state index in [1.807, 2.05) is 0 Å². The van der Waals surface area contributed by atoms with E-state index in [1.165, 1.54) is 13.6 Å². The summed E-state index contributed by atoms with van der Waals surface area (Å²) in [6, 6.07) is -0.786. The predicted octanol–water partition coefficient (Wildman–Crippen LogP) is 0.311. The van der Waals surface area contributed by atoms with E-state index in [1.54, 1.807) is 6.92 Å². The van der Waals surface area contributed by atoms with Crippen molar-refractivity contribution in [2.75, 3.05) is 19.4 Å². The van der Waals surface area contributed by atoms with Crippen molar-refractivity contribution >= 4 is 19.2 Å². The summed E-state index contributed by atoms with van der Waals surface area (Å²) in [6.07, 6.45) is 0.442. The molecule has 0 aromatic carbocycles. The monoisotopic (exact) mass is 250 g/mol. The van der Waals surface area contributed by atoms with E-state index in [9.17, 15) is 14.2 Å². The van der Waals surface area contributed by atoms with Gasteiger partial charge in [0.25, 0.3) is 0 Å². The molecule has 0 spiro atoms. The molecule has 0 aliphatic heterocycles. The number of nitrogens with one attached hydrogen (secondary N) is 1. The zero-order valence-electron chi connectivity index (χ0n) is 9.86. The van der Waals surface area contributed by atoms with Gasteiger partial charge in [0, 0.05) is 19.8 Å². The Labute approximate surface area is 95.4 Å². The van der Waals surface area contributed by atoms with Gasteiger partial charge in [-0.1, -0.05) is 0 Å². The van der Waals surface area contributed by atoms with Gasteiger partial charge in [-0.05, 0) is 13.3 Å². The molecule has 0 aromatic heterocycles. The van der Waals surface area contributed by atoms with Gasteiger partial charge in [0.2, 0.25) is 11.8 Å². The lowest BCUT2D eigenvalue weighted by molar-refractivity contribution is -0.126. The molecule has 6 nitrogen and oxygen atoms in total. The van der Waals surface area contributed by atoms with Crippen LogP contribution in [0.1, 0.15) is 20.3 Å². The number of hydrogen-bond donors (Lipinski definition) is 2. The lowest BCUT2D eigenvalue weighted by Crippen LogP contribution is -2.44. The van der Waals surface area contributed by atoms with E-state index >= 15 is 0 Å². The van der Waals surface area contributed by atoms with Crippen LogP contribution in [0, 0.1) is 0 Å². The minimum atomic E-state index is -2.69. The van der Waals surface area contributed by atoms with Crippen LogP contribution in [-0.4, -0.2) is 37.3 Å². The van der Waals surface area contributed by atoms with Gasteiger partial charge < -0.3 is 15.6 Å². The summed E-state index contributed by atoms with van der Waals surface area (Å²) in [7, 11) is -2.69. The summed E-state index contributed by atoms with van der Waals surface area (Å²) in [5.41, 5.74) is 5.10. The van der Waals surface area contributed by atoms with Crippen LogP contribution >= 0.6 is 7.37 Å². The molecular formula is C9H19N2O4P. The van der Waals surface area contributed by atoms with Gasteiger partial charge >= 0.3 is 0 Å². The zero-order chi connectivity index (χ0) is 12.8. The van der Waals surface area contributed by atoms with Crippen molar-refractivity contribution in [2.24, 2.45) is 5.73 Å². The average Bonchev–Trinajstić information content (AvgIpc) is 2.11. The van der Waals surface area contributed by atoms with Gasteiger partial charge in [0.05, 0.1) is 6.61 Å². The summed E-state index contributed by atoms with van der Waals surface area (Å²) < 4.78 is 16.8. The fourth-order valence-corrected chi connectivity index (χ4v) is 2.63. The Bertz CT molecular complexity index is 306. The van der Waals surface area contributed by atoms with Crippen LogP contribution in [0.5, 0.6) is 0 Å². The van der Waals surface area contributed by atoms with Crippen molar-refractivity contribution in [1.82, 2.24) is 5.32 Å². The van der Waals surface area contributed by atoms with Crippen molar-refractivity contribution in [3.63, 3.8) is 0 Å². The molecular weight excluding hydrogens is 231 g/mol. The Balaban J connectivity index is 4.27. The topological polar surface area (TPSA) is 98.5 Å². The highest BCUT2D eigenvalue weighted by atomic mass is 31.2. The largest absolute Gasteiger partial charge is 0.368 e. The number of nitrogens with two attached hydrogens (primary N) is 1. The van der Waals surface area contributed by atoms with Gasteiger partial charge in [0.1, 0.15) is 6.04 Å². The normalized spacial score (nSPS) is 16.2. The SMILES string of the molecule is CCOP(C)(=O)CCC(NC(C)=O)C(N)=O. The lowest BCUT2D eigenvalue weighted by atomic mass is 10.2. The molecule has 2 unspecified atom stereocenters. The molecule has 2 amide bonds. The molecule has 2 atom stereocenters. The first-order valence-electron chi connectivity index (χ1n) is 5.06. The summed E-state index contributed by atoms with van der Waals surface area (Å²) in [4.78, 5) is 21.8. The van der Waals surface area contributed by atoms with Crippen molar-refractivity contribution in [3.05, 3.63) is 0 Å². The van der Waals surface area contributed by atoms with Crippen molar-refractivity contribution in [1.29, 1.82) is 0 Å². The fourth-order valence-electron chi connectivity index (χ4n) is 1.23. The van der Waals surface area contributed by atoms with E-state index in [-0.39, 0.29) is 18.5 Å². The Hall–Kier alpha value is -0.870. The zero-order valence-corrected chi connectivity index (χ0v) is 10.8. The number of primary amides is 1. The average molecular weight is 250 g/mol. The smallest absolute Gasteiger partial charge is 0.240 e. The van der Waals surface area contributed by atoms with Gasteiger partial charge in [0.15, 0.2) is 7.37 Å². The second-order valence-electron chi connectivity index (χ2n) is 3.60. The minimum Gasteiger partial charge on any atom is -0.368 e. The van der Waals surface area contributed by atoms with Crippen LogP contribution < -0.4 is 11.1 Å². The molecule has 16 heavy (non-hydrogen) atoms. The number of hydrogen-bond acceptors (Lipinski definition) is 4. The Morgan fingerprint density at radius 2 is 2.06 bits per heavy atom. The third kappa shape index (κ3) is 6.58. The predicted molar refractivity (Wildman–Crippen MR) is 61.4 cm³/mol. The molecule has 0 rings (SSSR count). The Morgan fingerprint density at radius 1 is 1.50 bits per heavy atom. The van der Waals surface area contributed by atoms with E-state index in [0.717, 1.165) is 0 Å². The van der Waals surface area contributed by atoms with Crippen molar-refractivity contribution < 1.29 is 18.7 Å². The van der Waals surface area contributed by atoms with Crippen LogP contribution in [0.4, 0.5) is 0 Å². The molecule has 0 saturated carbocycles. The summed E-state index contributed by atoms with van der Waals surface area (Å²) in [5, 5.41) is 2.40. The van der Waals surface area contributed by atoms with E-state index in [2.05, 4.69) is 5.32 Å². The van der Waals surface area contributed by atoms with Gasteiger partial charge in [-0.2, -0.15) is 0 Å². The van der Waals surface area contributed by atoms with Crippen LogP contribution in [0.3, 0.4) is 0 Å². The molecule has 0 aliphatic rings. The lowest BCUT2D eigenvalue weighted by Gasteiger charge is -2.17. The van der Waals surface area contributed by atoms with Crippen LogP contribution in [0.15, 0.2) is 0 Å². The number of carbonyl (C=O) groups is 2. The molecule has 94 valence electrons. The van der Waals surface area contributed by atoms with Crippen LogP contribution in [0.2, 0.25) is 0 Å². The van der Waals surface area contributed by atoms with Crippen molar-refractivity contribution in [3.8, 4) is 0 Å². The molecule has 0 fully saturated rings. The molecule has 0 aromatic rings. The molecule has 0 saturated heterocycles. The molecule has 3 N–H and O–H groups in total. The van der Waals surface area contributed by atoms with Crippen LogP contribution in [-0.2, 0) is 18.7 Å². The molecule has 0 heterocycles. The van der Waals surface area contributed by atoms with Gasteiger partial charge in [-0.3, -0.25) is 14.2 Å². The fraction of sp³-hybridized carbons (Fsp3) is 0.778. The molecule has 0 bridgehead atoms. The summed E-state index contributed by atoms with van der Waals surface area (Å²) >= 11 is 0. The van der Waals surface area contributed by atoms with Crippen molar-refractivity contribution in [2.45, 2.75) is 26.3 Å². The number of amides is 2.